The highest BCUT2D eigenvalue weighted by Gasteiger charge is 2.28. The molecule has 0 bridgehead atoms. The van der Waals surface area contributed by atoms with Crippen LogP contribution in [-0.4, -0.2) is 11.8 Å². The van der Waals surface area contributed by atoms with Gasteiger partial charge >= 0.3 is 0 Å². The van der Waals surface area contributed by atoms with Crippen molar-refractivity contribution in [3.8, 4) is 0 Å². The lowest BCUT2D eigenvalue weighted by atomic mass is 10.1. The summed E-state index contributed by atoms with van der Waals surface area (Å²) < 4.78 is 0.966. The predicted octanol–water partition coefficient (Wildman–Crippen LogP) is 4.73. The van der Waals surface area contributed by atoms with Gasteiger partial charge in [0.15, 0.2) is 5.78 Å². The molecule has 102 valence electrons. The number of ketones is 1. The molecule has 0 aromatic heterocycles. The Balaban J connectivity index is 2.07. The molecule has 1 atom stereocenters. The fraction of sp³-hybridized carbons (Fsp3) is 0.235. The molecule has 0 saturated heterocycles. The molecule has 3 heteroatoms. The summed E-state index contributed by atoms with van der Waals surface area (Å²) in [6.07, 6.45) is 1.05. The minimum absolute atomic E-state index is 0.0899. The van der Waals surface area contributed by atoms with Gasteiger partial charge in [-0.3, -0.25) is 4.79 Å². The lowest BCUT2D eigenvalue weighted by Crippen LogP contribution is -2.24. The molecular weight excluding hydrogens is 314 g/mol. The van der Waals surface area contributed by atoms with Gasteiger partial charge in [0.2, 0.25) is 0 Å². The minimum Gasteiger partial charge on any atom is -0.337 e. The predicted molar refractivity (Wildman–Crippen MR) is 85.9 cm³/mol. The molecule has 2 aromatic carbocycles. The smallest absolute Gasteiger partial charge is 0.159 e. The van der Waals surface area contributed by atoms with E-state index >= 15 is 0 Å². The van der Waals surface area contributed by atoms with E-state index in [-0.39, 0.29) is 5.78 Å². The second-order valence-electron chi connectivity index (χ2n) is 5.27. The third-order valence-electron chi connectivity index (χ3n) is 3.82. The van der Waals surface area contributed by atoms with E-state index in [0.717, 1.165) is 22.1 Å². The van der Waals surface area contributed by atoms with Crippen LogP contribution in [0.3, 0.4) is 0 Å². The average Bonchev–Trinajstić information content (AvgIpc) is 2.74. The first kappa shape index (κ1) is 13.4. The van der Waals surface area contributed by atoms with E-state index in [4.69, 9.17) is 0 Å². The van der Waals surface area contributed by atoms with Crippen molar-refractivity contribution in [3.63, 3.8) is 0 Å². The molecule has 3 rings (SSSR count). The first-order valence-corrected chi connectivity index (χ1v) is 7.55. The Morgan fingerprint density at radius 3 is 2.65 bits per heavy atom. The Labute approximate surface area is 127 Å². The Morgan fingerprint density at radius 2 is 1.95 bits per heavy atom. The van der Waals surface area contributed by atoms with Crippen molar-refractivity contribution in [2.24, 2.45) is 0 Å². The summed E-state index contributed by atoms with van der Waals surface area (Å²) in [6, 6.07) is 14.8. The quantitative estimate of drug-likeness (QED) is 0.742. The number of carbonyl (C=O) groups excluding carboxylic acids is 1. The van der Waals surface area contributed by atoms with Gasteiger partial charge in [0.25, 0.3) is 0 Å². The summed E-state index contributed by atoms with van der Waals surface area (Å²) in [4.78, 5) is 13.8. The molecule has 0 N–H and O–H groups in total. The van der Waals surface area contributed by atoms with Gasteiger partial charge in [-0.1, -0.05) is 18.2 Å². The fourth-order valence-corrected chi connectivity index (χ4v) is 3.42. The number of anilines is 2. The zero-order valence-corrected chi connectivity index (χ0v) is 13.1. The van der Waals surface area contributed by atoms with E-state index in [9.17, 15) is 4.79 Å². The van der Waals surface area contributed by atoms with E-state index in [2.05, 4.69) is 52.0 Å². The van der Waals surface area contributed by atoms with Crippen LogP contribution in [0.2, 0.25) is 0 Å². The van der Waals surface area contributed by atoms with Crippen LogP contribution in [-0.2, 0) is 6.42 Å². The normalized spacial score (nSPS) is 17.1. The van der Waals surface area contributed by atoms with Gasteiger partial charge in [-0.15, -0.1) is 0 Å². The maximum absolute atomic E-state index is 11.5. The lowest BCUT2D eigenvalue weighted by Gasteiger charge is -2.26. The zero-order valence-electron chi connectivity index (χ0n) is 11.6. The van der Waals surface area contributed by atoms with E-state index in [1.54, 1.807) is 6.92 Å². The van der Waals surface area contributed by atoms with Gasteiger partial charge in [-0.05, 0) is 66.0 Å². The van der Waals surface area contributed by atoms with Crippen molar-refractivity contribution in [1.29, 1.82) is 0 Å². The molecular formula is C17H16BrNO. The minimum atomic E-state index is 0.0899. The van der Waals surface area contributed by atoms with Crippen LogP contribution >= 0.6 is 15.9 Å². The number of para-hydroxylation sites is 1. The van der Waals surface area contributed by atoms with Crippen LogP contribution in [0.4, 0.5) is 11.4 Å². The van der Waals surface area contributed by atoms with Crippen molar-refractivity contribution in [2.75, 3.05) is 4.90 Å². The largest absolute Gasteiger partial charge is 0.337 e. The van der Waals surface area contributed by atoms with Crippen LogP contribution in [0, 0.1) is 0 Å². The third kappa shape index (κ3) is 2.16. The molecule has 1 heterocycles. The number of Topliss-reactive ketones (excluding diaryl/α,β-unsaturated/α-hetero) is 1. The maximum Gasteiger partial charge on any atom is 0.159 e. The van der Waals surface area contributed by atoms with Gasteiger partial charge in [-0.25, -0.2) is 0 Å². The molecule has 1 aliphatic heterocycles. The van der Waals surface area contributed by atoms with E-state index in [1.165, 1.54) is 11.3 Å². The second kappa shape index (κ2) is 5.06. The van der Waals surface area contributed by atoms with Gasteiger partial charge in [0.05, 0.1) is 5.69 Å². The Kier molecular flexibility index (Phi) is 3.38. The van der Waals surface area contributed by atoms with E-state index in [1.807, 2.05) is 18.2 Å². The fourth-order valence-electron chi connectivity index (χ4n) is 2.85. The SMILES string of the molecule is CC(=O)c1ccc(N2c3ccccc3CC2C)c(Br)c1. The van der Waals surface area contributed by atoms with Crippen molar-refractivity contribution >= 4 is 33.1 Å². The highest BCUT2D eigenvalue weighted by molar-refractivity contribution is 9.10. The summed E-state index contributed by atoms with van der Waals surface area (Å²) in [5, 5.41) is 0. The molecule has 1 aliphatic rings. The van der Waals surface area contributed by atoms with Crippen LogP contribution in [0.15, 0.2) is 46.9 Å². The molecule has 20 heavy (non-hydrogen) atoms. The second-order valence-corrected chi connectivity index (χ2v) is 6.13. The highest BCUT2D eigenvalue weighted by atomic mass is 79.9. The summed E-state index contributed by atoms with van der Waals surface area (Å²) in [5.74, 6) is 0.0899. The van der Waals surface area contributed by atoms with Gasteiger partial charge in [0, 0.05) is 21.8 Å². The Morgan fingerprint density at radius 1 is 1.20 bits per heavy atom. The number of benzene rings is 2. The monoisotopic (exact) mass is 329 g/mol. The van der Waals surface area contributed by atoms with Gasteiger partial charge in [0.1, 0.15) is 0 Å². The van der Waals surface area contributed by atoms with Crippen LogP contribution in [0.1, 0.15) is 29.8 Å². The Hall–Kier alpha value is -1.61. The van der Waals surface area contributed by atoms with E-state index < -0.39 is 0 Å². The lowest BCUT2D eigenvalue weighted by molar-refractivity contribution is 0.101. The molecule has 0 radical (unpaired) electrons. The number of halogens is 1. The number of fused-ring (bicyclic) bond motifs is 1. The van der Waals surface area contributed by atoms with Crippen molar-refractivity contribution in [2.45, 2.75) is 26.3 Å². The number of rotatable bonds is 2. The number of hydrogen-bond acceptors (Lipinski definition) is 2. The number of hydrogen-bond donors (Lipinski definition) is 0. The average molecular weight is 330 g/mol. The number of nitrogens with zero attached hydrogens (tertiary/aromatic N) is 1. The summed E-state index contributed by atoms with van der Waals surface area (Å²) >= 11 is 3.61. The molecule has 0 fully saturated rings. The molecule has 0 amide bonds. The van der Waals surface area contributed by atoms with Gasteiger partial charge in [-0.2, -0.15) is 0 Å². The standard InChI is InChI=1S/C17H16BrNO/c1-11-9-14-5-3-4-6-16(14)19(11)17-8-7-13(12(2)20)10-15(17)18/h3-8,10-11H,9H2,1-2H3. The van der Waals surface area contributed by atoms with Crippen LogP contribution < -0.4 is 4.90 Å². The first-order chi connectivity index (χ1) is 9.58. The zero-order chi connectivity index (χ0) is 14.3. The molecule has 2 nitrogen and oxygen atoms in total. The summed E-state index contributed by atoms with van der Waals surface area (Å²) in [7, 11) is 0. The Bertz CT molecular complexity index is 680. The topological polar surface area (TPSA) is 20.3 Å². The maximum atomic E-state index is 11.5. The molecule has 1 unspecified atom stereocenters. The molecule has 0 saturated carbocycles. The molecule has 0 aliphatic carbocycles. The molecule has 2 aromatic rings. The van der Waals surface area contributed by atoms with Crippen LogP contribution in [0.5, 0.6) is 0 Å². The first-order valence-electron chi connectivity index (χ1n) is 6.75. The summed E-state index contributed by atoms with van der Waals surface area (Å²) in [5.41, 5.74) is 4.49. The van der Waals surface area contributed by atoms with Crippen LogP contribution in [0.25, 0.3) is 0 Å². The van der Waals surface area contributed by atoms with E-state index in [0.29, 0.717) is 6.04 Å². The third-order valence-corrected chi connectivity index (χ3v) is 4.46. The summed E-state index contributed by atoms with van der Waals surface area (Å²) in [6.45, 7) is 3.82. The number of carbonyl (C=O) groups is 1. The van der Waals surface area contributed by atoms with Gasteiger partial charge < -0.3 is 4.90 Å². The molecule has 0 spiro atoms. The van der Waals surface area contributed by atoms with Crippen molar-refractivity contribution in [1.82, 2.24) is 0 Å². The highest BCUT2D eigenvalue weighted by Crippen LogP contribution is 2.41. The van der Waals surface area contributed by atoms with Crippen molar-refractivity contribution < 1.29 is 4.79 Å². The van der Waals surface area contributed by atoms with Crippen molar-refractivity contribution in [3.05, 3.63) is 58.1 Å².